The van der Waals surface area contributed by atoms with Gasteiger partial charge in [0.05, 0.1) is 4.92 Å². The van der Waals surface area contributed by atoms with Crippen molar-refractivity contribution in [3.05, 3.63) is 41.0 Å². The second-order valence-corrected chi connectivity index (χ2v) is 5.30. The van der Waals surface area contributed by atoms with Gasteiger partial charge in [0, 0.05) is 44.3 Å². The Labute approximate surface area is 133 Å². The van der Waals surface area contributed by atoms with Crippen LogP contribution in [-0.2, 0) is 0 Å². The summed E-state index contributed by atoms with van der Waals surface area (Å²) in [5.74, 6) is 0.541. The molecule has 1 aliphatic heterocycles. The van der Waals surface area contributed by atoms with E-state index in [1.165, 1.54) is 6.33 Å². The summed E-state index contributed by atoms with van der Waals surface area (Å²) in [5.41, 5.74) is 0.583. The van der Waals surface area contributed by atoms with E-state index in [1.54, 1.807) is 24.5 Å². The van der Waals surface area contributed by atoms with Gasteiger partial charge in [0.1, 0.15) is 6.33 Å². The Hall–Kier alpha value is -2.81. The van der Waals surface area contributed by atoms with E-state index in [1.807, 2.05) is 11.9 Å². The molecule has 1 fully saturated rings. The SMILES string of the molecule is CN1CCN(c2ncnc(Nc3ccncc3)c2[N+](=O)[O-])CC1. The molecule has 0 aromatic carbocycles. The summed E-state index contributed by atoms with van der Waals surface area (Å²) in [5, 5.41) is 14.5. The molecule has 1 saturated heterocycles. The van der Waals surface area contributed by atoms with E-state index in [2.05, 4.69) is 25.2 Å². The van der Waals surface area contributed by atoms with Gasteiger partial charge in [0.2, 0.25) is 11.6 Å². The summed E-state index contributed by atoms with van der Waals surface area (Å²) in [6.07, 6.45) is 4.57. The van der Waals surface area contributed by atoms with Crippen LogP contribution in [-0.4, -0.2) is 58.0 Å². The molecule has 0 atom stereocenters. The predicted molar refractivity (Wildman–Crippen MR) is 85.9 cm³/mol. The normalized spacial score (nSPS) is 15.4. The number of hydrogen-bond donors (Lipinski definition) is 1. The zero-order chi connectivity index (χ0) is 16.2. The standard InChI is InChI=1S/C14H17N7O2/c1-19-6-8-20(9-7-19)14-12(21(22)23)13(16-10-17-14)18-11-2-4-15-5-3-11/h2-5,10H,6-9H2,1H3,(H,15,16,17,18). The third kappa shape index (κ3) is 3.34. The third-order valence-electron chi connectivity index (χ3n) is 3.73. The van der Waals surface area contributed by atoms with Crippen molar-refractivity contribution >= 4 is 23.0 Å². The van der Waals surface area contributed by atoms with Gasteiger partial charge < -0.3 is 15.1 Å². The Morgan fingerprint density at radius 2 is 1.87 bits per heavy atom. The topological polar surface area (TPSA) is 100 Å². The molecule has 1 aliphatic rings. The maximum absolute atomic E-state index is 11.6. The molecule has 0 spiro atoms. The van der Waals surface area contributed by atoms with Crippen LogP contribution in [0.4, 0.5) is 23.0 Å². The van der Waals surface area contributed by atoms with Gasteiger partial charge in [-0.1, -0.05) is 0 Å². The zero-order valence-electron chi connectivity index (χ0n) is 12.7. The van der Waals surface area contributed by atoms with E-state index < -0.39 is 4.92 Å². The molecule has 3 heterocycles. The molecule has 0 radical (unpaired) electrons. The molecule has 23 heavy (non-hydrogen) atoms. The van der Waals surface area contributed by atoms with Crippen molar-refractivity contribution in [3.8, 4) is 0 Å². The zero-order valence-corrected chi connectivity index (χ0v) is 12.7. The number of aromatic nitrogens is 3. The van der Waals surface area contributed by atoms with Crippen LogP contribution in [0.3, 0.4) is 0 Å². The highest BCUT2D eigenvalue weighted by Gasteiger charge is 2.28. The molecule has 120 valence electrons. The number of hydrogen-bond acceptors (Lipinski definition) is 8. The summed E-state index contributed by atoms with van der Waals surface area (Å²) < 4.78 is 0. The number of nitrogens with zero attached hydrogens (tertiary/aromatic N) is 6. The molecule has 2 aromatic rings. The van der Waals surface area contributed by atoms with Crippen LogP contribution in [0, 0.1) is 10.1 Å². The number of nitro groups is 1. The number of pyridine rings is 1. The largest absolute Gasteiger partial charge is 0.353 e. The van der Waals surface area contributed by atoms with E-state index in [4.69, 9.17) is 0 Å². The lowest BCUT2D eigenvalue weighted by molar-refractivity contribution is -0.383. The Morgan fingerprint density at radius 3 is 2.52 bits per heavy atom. The van der Waals surface area contributed by atoms with Gasteiger partial charge in [0.25, 0.3) is 0 Å². The Morgan fingerprint density at radius 1 is 1.17 bits per heavy atom. The average Bonchev–Trinajstić information content (AvgIpc) is 2.56. The molecule has 3 rings (SSSR count). The highest BCUT2D eigenvalue weighted by atomic mass is 16.6. The van der Waals surface area contributed by atoms with Gasteiger partial charge in [-0.05, 0) is 19.2 Å². The minimum absolute atomic E-state index is 0.103. The van der Waals surface area contributed by atoms with Gasteiger partial charge in [-0.2, -0.15) is 0 Å². The molecule has 0 amide bonds. The highest BCUT2D eigenvalue weighted by Crippen LogP contribution is 2.33. The minimum atomic E-state index is -0.433. The predicted octanol–water partition coefficient (Wildman–Crippen LogP) is 1.28. The van der Waals surface area contributed by atoms with Crippen LogP contribution in [0.15, 0.2) is 30.9 Å². The van der Waals surface area contributed by atoms with Crippen molar-refractivity contribution in [1.82, 2.24) is 19.9 Å². The van der Waals surface area contributed by atoms with E-state index >= 15 is 0 Å². The first-order valence-corrected chi connectivity index (χ1v) is 7.25. The lowest BCUT2D eigenvalue weighted by Gasteiger charge is -2.32. The van der Waals surface area contributed by atoms with Crippen LogP contribution < -0.4 is 10.2 Å². The summed E-state index contributed by atoms with van der Waals surface area (Å²) in [7, 11) is 2.03. The molecular formula is C14H17N7O2. The van der Waals surface area contributed by atoms with Crippen molar-refractivity contribution in [3.63, 3.8) is 0 Å². The monoisotopic (exact) mass is 315 g/mol. The first kappa shape index (κ1) is 15.1. The fourth-order valence-corrected chi connectivity index (χ4v) is 2.45. The second kappa shape index (κ2) is 6.53. The maximum Gasteiger partial charge on any atom is 0.353 e. The van der Waals surface area contributed by atoms with Crippen LogP contribution in [0.1, 0.15) is 0 Å². The Kier molecular flexibility index (Phi) is 4.29. The smallest absolute Gasteiger partial charge is 0.348 e. The first-order chi connectivity index (χ1) is 11.1. The molecule has 0 saturated carbocycles. The molecule has 0 bridgehead atoms. The third-order valence-corrected chi connectivity index (χ3v) is 3.73. The average molecular weight is 315 g/mol. The second-order valence-electron chi connectivity index (χ2n) is 5.30. The van der Waals surface area contributed by atoms with Gasteiger partial charge >= 0.3 is 5.69 Å². The van der Waals surface area contributed by atoms with Crippen molar-refractivity contribution in [2.24, 2.45) is 0 Å². The van der Waals surface area contributed by atoms with Crippen molar-refractivity contribution in [2.75, 3.05) is 43.4 Å². The van der Waals surface area contributed by atoms with Crippen molar-refractivity contribution < 1.29 is 4.92 Å². The van der Waals surface area contributed by atoms with Gasteiger partial charge in [-0.3, -0.25) is 15.1 Å². The fourth-order valence-electron chi connectivity index (χ4n) is 2.45. The van der Waals surface area contributed by atoms with Crippen LogP contribution in [0.5, 0.6) is 0 Å². The lowest BCUT2D eigenvalue weighted by Crippen LogP contribution is -2.45. The maximum atomic E-state index is 11.6. The quantitative estimate of drug-likeness (QED) is 0.665. The fraction of sp³-hybridized carbons (Fsp3) is 0.357. The number of rotatable bonds is 4. The summed E-state index contributed by atoms with van der Waals surface area (Å²) >= 11 is 0. The molecule has 0 unspecified atom stereocenters. The lowest BCUT2D eigenvalue weighted by atomic mass is 10.3. The van der Waals surface area contributed by atoms with E-state index in [0.717, 1.165) is 13.1 Å². The Bertz CT molecular complexity index is 687. The number of anilines is 3. The molecule has 1 N–H and O–H groups in total. The number of likely N-dealkylation sites (N-methyl/N-ethyl adjacent to an activating group) is 1. The van der Waals surface area contributed by atoms with Gasteiger partial charge in [0.15, 0.2) is 0 Å². The minimum Gasteiger partial charge on any atom is -0.348 e. The van der Waals surface area contributed by atoms with Gasteiger partial charge in [-0.25, -0.2) is 9.97 Å². The summed E-state index contributed by atoms with van der Waals surface area (Å²) in [6.45, 7) is 3.08. The molecule has 9 heteroatoms. The summed E-state index contributed by atoms with van der Waals surface area (Å²) in [4.78, 5) is 27.4. The molecule has 9 nitrogen and oxygen atoms in total. The van der Waals surface area contributed by atoms with Crippen LogP contribution >= 0.6 is 0 Å². The first-order valence-electron chi connectivity index (χ1n) is 7.25. The van der Waals surface area contributed by atoms with E-state index in [0.29, 0.717) is 24.6 Å². The Balaban J connectivity index is 1.94. The molecule has 0 aliphatic carbocycles. The van der Waals surface area contributed by atoms with Gasteiger partial charge in [-0.15, -0.1) is 0 Å². The highest BCUT2D eigenvalue weighted by molar-refractivity contribution is 5.74. The number of nitrogens with one attached hydrogen (secondary N) is 1. The van der Waals surface area contributed by atoms with E-state index in [-0.39, 0.29) is 11.5 Å². The number of piperazine rings is 1. The van der Waals surface area contributed by atoms with Crippen LogP contribution in [0.2, 0.25) is 0 Å². The van der Waals surface area contributed by atoms with Crippen LogP contribution in [0.25, 0.3) is 0 Å². The van der Waals surface area contributed by atoms with E-state index in [9.17, 15) is 10.1 Å². The molecular weight excluding hydrogens is 298 g/mol. The summed E-state index contributed by atoms with van der Waals surface area (Å²) in [6, 6.07) is 3.45. The van der Waals surface area contributed by atoms with Crippen molar-refractivity contribution in [1.29, 1.82) is 0 Å². The van der Waals surface area contributed by atoms with Crippen molar-refractivity contribution in [2.45, 2.75) is 0 Å². The molecule has 2 aromatic heterocycles.